The van der Waals surface area contributed by atoms with Crippen LogP contribution in [0.2, 0.25) is 0 Å². The first kappa shape index (κ1) is 17.0. The maximum absolute atomic E-state index is 14.0. The molecule has 0 saturated carbocycles. The molecule has 112 valence electrons. The van der Waals surface area contributed by atoms with Crippen molar-refractivity contribution in [2.24, 2.45) is 11.7 Å². The molecule has 0 aliphatic rings. The number of hydrogen-bond donors (Lipinski definition) is 2. The van der Waals surface area contributed by atoms with E-state index in [0.717, 1.165) is 0 Å². The second-order valence-electron chi connectivity index (χ2n) is 5.23. The molecule has 0 saturated heterocycles. The largest absolute Gasteiger partial charge is 0.388 e. The molecule has 0 aromatic heterocycles. The summed E-state index contributed by atoms with van der Waals surface area (Å²) in [5, 5.41) is 7.26. The van der Waals surface area contributed by atoms with Crippen molar-refractivity contribution >= 4 is 21.8 Å². The van der Waals surface area contributed by atoms with E-state index in [-0.39, 0.29) is 22.4 Å². The molecule has 6 heteroatoms. The van der Waals surface area contributed by atoms with E-state index in [4.69, 9.17) is 11.1 Å². The summed E-state index contributed by atoms with van der Waals surface area (Å²) in [5.41, 5.74) is 5.39. The molecule has 0 aliphatic heterocycles. The molecule has 0 atom stereocenters. The van der Waals surface area contributed by atoms with Crippen LogP contribution in [0.25, 0.3) is 0 Å². The van der Waals surface area contributed by atoms with Crippen molar-refractivity contribution in [2.45, 2.75) is 26.8 Å². The van der Waals surface area contributed by atoms with E-state index < -0.39 is 11.6 Å². The number of rotatable bonds is 7. The average molecular weight is 348 g/mol. The number of amidine groups is 1. The lowest BCUT2D eigenvalue weighted by molar-refractivity contribution is 0.235. The summed E-state index contributed by atoms with van der Waals surface area (Å²) in [7, 11) is 0. The molecule has 20 heavy (non-hydrogen) atoms. The first-order valence-electron chi connectivity index (χ1n) is 6.49. The smallest absolute Gasteiger partial charge is 0.144 e. The van der Waals surface area contributed by atoms with Gasteiger partial charge in [-0.05, 0) is 34.0 Å². The van der Waals surface area contributed by atoms with Gasteiger partial charge >= 0.3 is 0 Å². The topological polar surface area (TPSA) is 53.1 Å². The summed E-state index contributed by atoms with van der Waals surface area (Å²) < 4.78 is 28.0. The highest BCUT2D eigenvalue weighted by atomic mass is 79.9. The highest BCUT2D eigenvalue weighted by Crippen LogP contribution is 2.23. The Morgan fingerprint density at radius 2 is 2.05 bits per heavy atom. The van der Waals surface area contributed by atoms with Crippen molar-refractivity contribution in [3.8, 4) is 0 Å². The Labute approximate surface area is 126 Å². The molecule has 0 heterocycles. The van der Waals surface area contributed by atoms with Gasteiger partial charge in [-0.15, -0.1) is 0 Å². The van der Waals surface area contributed by atoms with E-state index in [1.165, 1.54) is 12.1 Å². The number of hydrogen-bond acceptors (Lipinski definition) is 2. The maximum atomic E-state index is 14.0. The normalized spacial score (nSPS) is 11.3. The van der Waals surface area contributed by atoms with E-state index in [1.54, 1.807) is 0 Å². The molecule has 1 rings (SSSR count). The van der Waals surface area contributed by atoms with Crippen LogP contribution in [-0.2, 0) is 6.54 Å². The van der Waals surface area contributed by atoms with Crippen LogP contribution in [0.4, 0.5) is 8.78 Å². The molecule has 0 bridgehead atoms. The van der Waals surface area contributed by atoms with Crippen molar-refractivity contribution in [3.05, 3.63) is 33.8 Å². The van der Waals surface area contributed by atoms with Crippen LogP contribution in [0.15, 0.2) is 16.6 Å². The van der Waals surface area contributed by atoms with Crippen LogP contribution < -0.4 is 5.73 Å². The first-order valence-corrected chi connectivity index (χ1v) is 7.28. The third-order valence-electron chi connectivity index (χ3n) is 2.84. The van der Waals surface area contributed by atoms with E-state index >= 15 is 0 Å². The molecule has 3 nitrogen and oxygen atoms in total. The van der Waals surface area contributed by atoms with E-state index in [9.17, 15) is 8.78 Å². The summed E-state index contributed by atoms with van der Waals surface area (Å²) in [6, 6.07) is 2.61. The molecule has 1 aromatic rings. The minimum Gasteiger partial charge on any atom is -0.388 e. The predicted octanol–water partition coefficient (Wildman–Crippen LogP) is 3.51. The van der Waals surface area contributed by atoms with Crippen molar-refractivity contribution in [2.75, 3.05) is 13.1 Å². The minimum absolute atomic E-state index is 0.0450. The minimum atomic E-state index is -0.568. The maximum Gasteiger partial charge on any atom is 0.144 e. The van der Waals surface area contributed by atoms with Gasteiger partial charge < -0.3 is 5.73 Å². The van der Waals surface area contributed by atoms with Gasteiger partial charge in [-0.2, -0.15) is 0 Å². The van der Waals surface area contributed by atoms with Crippen LogP contribution in [0, 0.1) is 23.0 Å². The quantitative estimate of drug-likeness (QED) is 0.450. The fourth-order valence-electron chi connectivity index (χ4n) is 1.97. The molecular weight excluding hydrogens is 328 g/mol. The predicted molar refractivity (Wildman–Crippen MR) is 80.7 cm³/mol. The third-order valence-corrected chi connectivity index (χ3v) is 3.45. The lowest BCUT2D eigenvalue weighted by Crippen LogP contribution is -2.31. The van der Waals surface area contributed by atoms with Gasteiger partial charge in [-0.3, -0.25) is 10.3 Å². The summed E-state index contributed by atoms with van der Waals surface area (Å²) in [4.78, 5) is 1.92. The Morgan fingerprint density at radius 1 is 1.40 bits per heavy atom. The van der Waals surface area contributed by atoms with E-state index in [2.05, 4.69) is 15.9 Å². The van der Waals surface area contributed by atoms with Crippen LogP contribution in [0.5, 0.6) is 0 Å². The van der Waals surface area contributed by atoms with Gasteiger partial charge in [0.25, 0.3) is 0 Å². The molecule has 0 spiro atoms. The van der Waals surface area contributed by atoms with Crippen molar-refractivity contribution < 1.29 is 8.78 Å². The van der Waals surface area contributed by atoms with Crippen molar-refractivity contribution in [3.63, 3.8) is 0 Å². The Balaban J connectivity index is 2.88. The SMILES string of the molecule is CC(C)CN(CCC(=N)N)Cc1c(F)ccc(Br)c1F. The average Bonchev–Trinajstić information content (AvgIpc) is 2.35. The number of nitrogens with one attached hydrogen (secondary N) is 1. The fourth-order valence-corrected chi connectivity index (χ4v) is 2.34. The Bertz CT molecular complexity index is 478. The molecular formula is C14H20BrF2N3. The zero-order valence-corrected chi connectivity index (χ0v) is 13.3. The van der Waals surface area contributed by atoms with E-state index in [0.29, 0.717) is 25.4 Å². The Kier molecular flexibility index (Phi) is 6.55. The first-order chi connectivity index (χ1) is 9.31. The Hall–Kier alpha value is -1.01. The Morgan fingerprint density at radius 3 is 2.60 bits per heavy atom. The summed E-state index contributed by atoms with van der Waals surface area (Å²) >= 11 is 3.07. The van der Waals surface area contributed by atoms with Gasteiger partial charge in [0.2, 0.25) is 0 Å². The molecule has 0 fully saturated rings. The molecule has 0 aliphatic carbocycles. The number of benzene rings is 1. The van der Waals surface area contributed by atoms with Gasteiger partial charge in [-0.1, -0.05) is 13.8 Å². The van der Waals surface area contributed by atoms with Crippen LogP contribution in [0.1, 0.15) is 25.8 Å². The van der Waals surface area contributed by atoms with Crippen LogP contribution in [-0.4, -0.2) is 23.8 Å². The number of nitrogens with zero attached hydrogens (tertiary/aromatic N) is 1. The monoisotopic (exact) mass is 347 g/mol. The molecule has 3 N–H and O–H groups in total. The summed E-state index contributed by atoms with van der Waals surface area (Å²) in [6.07, 6.45) is 0.393. The molecule has 0 unspecified atom stereocenters. The van der Waals surface area contributed by atoms with Gasteiger partial charge in [0.15, 0.2) is 0 Å². The zero-order chi connectivity index (χ0) is 15.3. The highest BCUT2D eigenvalue weighted by Gasteiger charge is 2.17. The van der Waals surface area contributed by atoms with Gasteiger partial charge in [-0.25, -0.2) is 8.78 Å². The van der Waals surface area contributed by atoms with Crippen LogP contribution >= 0.6 is 15.9 Å². The lowest BCUT2D eigenvalue weighted by atomic mass is 10.1. The molecule has 0 amide bonds. The zero-order valence-electron chi connectivity index (χ0n) is 11.7. The fraction of sp³-hybridized carbons (Fsp3) is 0.500. The van der Waals surface area contributed by atoms with Crippen molar-refractivity contribution in [1.82, 2.24) is 4.90 Å². The van der Waals surface area contributed by atoms with E-state index in [1.807, 2.05) is 18.7 Å². The highest BCUT2D eigenvalue weighted by molar-refractivity contribution is 9.10. The number of nitrogens with two attached hydrogens (primary N) is 1. The molecule has 1 aromatic carbocycles. The van der Waals surface area contributed by atoms with Gasteiger partial charge in [0, 0.05) is 31.6 Å². The lowest BCUT2D eigenvalue weighted by Gasteiger charge is -2.24. The van der Waals surface area contributed by atoms with Gasteiger partial charge in [0.05, 0.1) is 10.3 Å². The standard InChI is InChI=1S/C14H20BrF2N3/c1-9(2)7-20(6-5-13(18)19)8-10-12(16)4-3-11(15)14(10)17/h3-4,9H,5-8H2,1-2H3,(H3,18,19). The second kappa shape index (κ2) is 7.69. The summed E-state index contributed by atoms with van der Waals surface area (Å²) in [5.74, 6) is -0.682. The van der Waals surface area contributed by atoms with Crippen LogP contribution in [0.3, 0.4) is 0 Å². The third kappa shape index (κ3) is 5.17. The van der Waals surface area contributed by atoms with Crippen molar-refractivity contribution in [1.29, 1.82) is 5.41 Å². The second-order valence-corrected chi connectivity index (χ2v) is 6.08. The molecule has 0 radical (unpaired) electrons. The summed E-state index contributed by atoms with van der Waals surface area (Å²) in [6.45, 7) is 5.45. The van der Waals surface area contributed by atoms with Gasteiger partial charge in [0.1, 0.15) is 11.6 Å². The number of halogens is 3.